The molecule has 0 spiro atoms. The highest BCUT2D eigenvalue weighted by molar-refractivity contribution is 8.00. The first-order chi connectivity index (χ1) is 15.8. The highest BCUT2D eigenvalue weighted by Crippen LogP contribution is 2.33. The Kier molecular flexibility index (Phi) is 8.96. The summed E-state index contributed by atoms with van der Waals surface area (Å²) in [5.74, 6) is 0.307. The summed E-state index contributed by atoms with van der Waals surface area (Å²) in [4.78, 5) is 25.5. The number of nitrogens with one attached hydrogen (secondary N) is 2. The lowest BCUT2D eigenvalue weighted by molar-refractivity contribution is -0.118. The minimum absolute atomic E-state index is 0.142. The molecule has 3 rings (SSSR count). The van der Waals surface area contributed by atoms with E-state index in [0.29, 0.717) is 36.6 Å². The molecule has 3 aromatic rings. The van der Waals surface area contributed by atoms with Crippen LogP contribution in [0.5, 0.6) is 5.75 Å². The predicted octanol–water partition coefficient (Wildman–Crippen LogP) is 5.54. The van der Waals surface area contributed by atoms with Gasteiger partial charge in [-0.25, -0.2) is 0 Å². The molecular formula is C22H22Cl2N4O3S2. The van der Waals surface area contributed by atoms with Gasteiger partial charge in [0.25, 0.3) is 5.91 Å². The Hall–Kier alpha value is -2.33. The Balaban J connectivity index is 1.61. The monoisotopic (exact) mass is 524 g/mol. The van der Waals surface area contributed by atoms with E-state index in [0.717, 1.165) is 5.56 Å². The smallest absolute Gasteiger partial charge is 0.251 e. The van der Waals surface area contributed by atoms with Crippen LogP contribution in [0.4, 0.5) is 5.13 Å². The minimum atomic E-state index is -0.749. The van der Waals surface area contributed by atoms with Gasteiger partial charge in [-0.15, -0.1) is 10.2 Å². The van der Waals surface area contributed by atoms with Gasteiger partial charge in [-0.2, -0.15) is 0 Å². The Morgan fingerprint density at radius 1 is 1.09 bits per heavy atom. The van der Waals surface area contributed by atoms with Crippen molar-refractivity contribution < 1.29 is 14.3 Å². The molecular weight excluding hydrogens is 503 g/mol. The predicted molar refractivity (Wildman–Crippen MR) is 134 cm³/mol. The molecule has 33 heavy (non-hydrogen) atoms. The molecule has 1 heterocycles. The topological polar surface area (TPSA) is 93.2 Å². The maximum atomic E-state index is 12.9. The van der Waals surface area contributed by atoms with Gasteiger partial charge in [0.05, 0.1) is 7.11 Å². The zero-order chi connectivity index (χ0) is 24.0. The molecule has 11 heteroatoms. The van der Waals surface area contributed by atoms with Crippen LogP contribution in [0.1, 0.15) is 29.8 Å². The van der Waals surface area contributed by atoms with Crippen LogP contribution in [0.3, 0.4) is 0 Å². The number of hydrogen-bond donors (Lipinski definition) is 2. The van der Waals surface area contributed by atoms with Crippen LogP contribution in [0.2, 0.25) is 10.0 Å². The van der Waals surface area contributed by atoms with Gasteiger partial charge in [-0.1, -0.05) is 66.2 Å². The van der Waals surface area contributed by atoms with Crippen molar-refractivity contribution in [3.63, 3.8) is 0 Å². The van der Waals surface area contributed by atoms with Gasteiger partial charge >= 0.3 is 0 Å². The summed E-state index contributed by atoms with van der Waals surface area (Å²) in [7, 11) is 1.55. The van der Waals surface area contributed by atoms with Crippen LogP contribution in [0.25, 0.3) is 0 Å². The first-order valence-corrected chi connectivity index (χ1v) is 12.5. The molecule has 7 nitrogen and oxygen atoms in total. The number of halogens is 2. The number of benzene rings is 2. The second kappa shape index (κ2) is 11.7. The number of rotatable bonds is 9. The maximum Gasteiger partial charge on any atom is 0.251 e. The minimum Gasteiger partial charge on any atom is -0.497 e. The van der Waals surface area contributed by atoms with Gasteiger partial charge in [0.1, 0.15) is 11.8 Å². The normalized spacial score (nSPS) is 11.8. The van der Waals surface area contributed by atoms with Gasteiger partial charge in [-0.3, -0.25) is 14.9 Å². The van der Waals surface area contributed by atoms with Crippen LogP contribution in [0, 0.1) is 5.92 Å². The number of carbonyl (C=O) groups excluding carboxylic acids is 2. The largest absolute Gasteiger partial charge is 0.497 e. The molecule has 0 radical (unpaired) electrons. The van der Waals surface area contributed by atoms with Crippen LogP contribution >= 0.6 is 46.3 Å². The fourth-order valence-electron chi connectivity index (χ4n) is 2.81. The number of methoxy groups -OCH3 is 1. The summed E-state index contributed by atoms with van der Waals surface area (Å²) in [6.07, 6.45) is 0. The molecule has 0 aliphatic heterocycles. The Morgan fingerprint density at radius 3 is 2.36 bits per heavy atom. The highest BCUT2D eigenvalue weighted by Gasteiger charge is 2.26. The van der Waals surface area contributed by atoms with Crippen LogP contribution in [-0.4, -0.2) is 35.2 Å². The number of amides is 2. The lowest BCUT2D eigenvalue weighted by Crippen LogP contribution is -2.47. The van der Waals surface area contributed by atoms with Crippen molar-refractivity contribution in [1.82, 2.24) is 15.5 Å². The molecule has 1 unspecified atom stereocenters. The first-order valence-electron chi connectivity index (χ1n) is 9.93. The molecule has 0 aliphatic carbocycles. The van der Waals surface area contributed by atoms with Gasteiger partial charge in [0.15, 0.2) is 4.34 Å². The van der Waals surface area contributed by atoms with E-state index < -0.39 is 6.04 Å². The van der Waals surface area contributed by atoms with Crippen molar-refractivity contribution in [2.75, 3.05) is 12.4 Å². The zero-order valence-corrected chi connectivity index (χ0v) is 21.2. The van der Waals surface area contributed by atoms with Gasteiger partial charge in [-0.05, 0) is 47.9 Å². The number of thioether (sulfide) groups is 1. The quantitative estimate of drug-likeness (QED) is 0.282. The SMILES string of the molecule is COc1ccc(C(=O)NC(C(=O)Nc2nnc(SCc3c(Cl)cccc3Cl)s2)C(C)C)cc1. The standard InChI is InChI=1S/C22H22Cl2N4O3S2/c1-12(2)18(25-19(29)13-7-9-14(31-3)10-8-13)20(30)26-21-27-28-22(33-21)32-11-15-16(23)5-4-6-17(15)24/h4-10,12,18H,11H2,1-3H3,(H,25,29)(H,26,27,30). The van der Waals surface area contributed by atoms with E-state index in [-0.39, 0.29) is 17.7 Å². The van der Waals surface area contributed by atoms with Gasteiger partial charge < -0.3 is 10.1 Å². The Bertz CT molecular complexity index is 1100. The lowest BCUT2D eigenvalue weighted by atomic mass is 10.0. The summed E-state index contributed by atoms with van der Waals surface area (Å²) < 4.78 is 5.76. The zero-order valence-electron chi connectivity index (χ0n) is 18.1. The molecule has 1 aromatic heterocycles. The van der Waals surface area contributed by atoms with Crippen molar-refractivity contribution >= 4 is 63.2 Å². The fraction of sp³-hybridized carbons (Fsp3) is 0.273. The molecule has 0 fully saturated rings. The number of hydrogen-bond acceptors (Lipinski definition) is 7. The van der Waals surface area contributed by atoms with Crippen molar-refractivity contribution in [1.29, 1.82) is 0 Å². The summed E-state index contributed by atoms with van der Waals surface area (Å²) in [6.45, 7) is 3.71. The second-order valence-corrected chi connectivity index (χ2v) is 10.3. The lowest BCUT2D eigenvalue weighted by Gasteiger charge is -2.21. The number of anilines is 1. The number of carbonyl (C=O) groups is 2. The van der Waals surface area contributed by atoms with E-state index >= 15 is 0 Å². The van der Waals surface area contributed by atoms with Crippen LogP contribution < -0.4 is 15.4 Å². The molecule has 1 atom stereocenters. The van der Waals surface area contributed by atoms with Gasteiger partial charge in [0.2, 0.25) is 11.0 Å². The summed E-state index contributed by atoms with van der Waals surface area (Å²) in [5.41, 5.74) is 1.25. The highest BCUT2D eigenvalue weighted by atomic mass is 35.5. The summed E-state index contributed by atoms with van der Waals surface area (Å²) >= 11 is 15.1. The average Bonchev–Trinajstić information content (AvgIpc) is 3.23. The third-order valence-electron chi connectivity index (χ3n) is 4.63. The molecule has 2 aromatic carbocycles. The molecule has 2 N–H and O–H groups in total. The first kappa shape index (κ1) is 25.3. The van der Waals surface area contributed by atoms with Crippen molar-refractivity contribution in [3.05, 3.63) is 63.6 Å². The number of ether oxygens (including phenoxy) is 1. The molecule has 2 amide bonds. The third kappa shape index (κ3) is 6.83. The van der Waals surface area contributed by atoms with Crippen LogP contribution in [-0.2, 0) is 10.5 Å². The fourth-order valence-corrected chi connectivity index (χ4v) is 5.30. The second-order valence-electron chi connectivity index (χ2n) is 7.27. The van der Waals surface area contributed by atoms with Gasteiger partial charge in [0, 0.05) is 21.4 Å². The van der Waals surface area contributed by atoms with E-state index in [1.807, 2.05) is 13.8 Å². The molecule has 0 bridgehead atoms. The van der Waals surface area contributed by atoms with E-state index in [9.17, 15) is 9.59 Å². The van der Waals surface area contributed by atoms with Crippen molar-refractivity contribution in [3.8, 4) is 5.75 Å². The molecule has 174 valence electrons. The van der Waals surface area contributed by atoms with E-state index in [4.69, 9.17) is 27.9 Å². The van der Waals surface area contributed by atoms with Crippen molar-refractivity contribution in [2.24, 2.45) is 5.92 Å². The Morgan fingerprint density at radius 2 is 1.76 bits per heavy atom. The van der Waals surface area contributed by atoms with E-state index in [1.54, 1.807) is 49.6 Å². The summed E-state index contributed by atoms with van der Waals surface area (Å²) in [5, 5.41) is 15.2. The molecule has 0 saturated heterocycles. The van der Waals surface area contributed by atoms with E-state index in [2.05, 4.69) is 20.8 Å². The van der Waals surface area contributed by atoms with E-state index in [1.165, 1.54) is 23.1 Å². The van der Waals surface area contributed by atoms with Crippen molar-refractivity contribution in [2.45, 2.75) is 30.0 Å². The molecule has 0 aliphatic rings. The maximum absolute atomic E-state index is 12.9. The molecule has 0 saturated carbocycles. The average molecular weight is 525 g/mol. The summed E-state index contributed by atoms with van der Waals surface area (Å²) in [6, 6.07) is 11.3. The number of nitrogens with zero attached hydrogens (tertiary/aromatic N) is 2. The van der Waals surface area contributed by atoms with Crippen LogP contribution in [0.15, 0.2) is 46.8 Å². The third-order valence-corrected chi connectivity index (χ3v) is 7.33. The number of aromatic nitrogens is 2. The Labute approximate surface area is 210 Å².